The smallest absolute Gasteiger partial charge is 0.328 e. The van der Waals surface area contributed by atoms with Crippen molar-refractivity contribution >= 4 is 41.4 Å². The molecule has 0 fully saturated rings. The quantitative estimate of drug-likeness (QED) is 0.148. The van der Waals surface area contributed by atoms with Gasteiger partial charge in [-0.1, -0.05) is 0 Å². The third kappa shape index (κ3) is 10.7. The summed E-state index contributed by atoms with van der Waals surface area (Å²) in [5.74, 6) is -3.64. The van der Waals surface area contributed by atoms with Gasteiger partial charge in [0.2, 0.25) is 23.6 Å². The molecular weight excluding hydrogens is 394 g/mol. The average Bonchev–Trinajstić information content (AvgIpc) is 2.64. The molecule has 9 N–H and O–H groups in total. The summed E-state index contributed by atoms with van der Waals surface area (Å²) in [4.78, 5) is 57.6. The largest absolute Gasteiger partial charge is 0.480 e. The number of nitrogens with one attached hydrogen (secondary N) is 3. The summed E-state index contributed by atoms with van der Waals surface area (Å²) in [7, 11) is 0. The van der Waals surface area contributed by atoms with E-state index in [2.05, 4.69) is 16.0 Å². The van der Waals surface area contributed by atoms with E-state index >= 15 is 0 Å². The Balaban J connectivity index is 4.67. The molecule has 28 heavy (non-hydrogen) atoms. The minimum Gasteiger partial charge on any atom is -0.480 e. The summed E-state index contributed by atoms with van der Waals surface area (Å²) in [5.41, 5.74) is 10.5. The molecule has 0 saturated carbocycles. The van der Waals surface area contributed by atoms with Crippen molar-refractivity contribution in [2.75, 3.05) is 25.2 Å². The Hall–Kier alpha value is -2.38. The SMILES string of the molecule is CSCCC(NC(=O)CNC(=O)C(N)CCC(N)=O)C(=O)NC(CO)C(=O)O. The van der Waals surface area contributed by atoms with Crippen LogP contribution in [0.25, 0.3) is 0 Å². The van der Waals surface area contributed by atoms with Crippen LogP contribution in [0, 0.1) is 0 Å². The number of aliphatic hydroxyl groups excluding tert-OH is 1. The van der Waals surface area contributed by atoms with E-state index in [1.807, 2.05) is 0 Å². The highest BCUT2D eigenvalue weighted by atomic mass is 32.2. The molecule has 0 saturated heterocycles. The number of aliphatic carboxylic acids is 1. The predicted molar refractivity (Wildman–Crippen MR) is 101 cm³/mol. The maximum atomic E-state index is 12.2. The number of carboxylic acid groups (broad SMARTS) is 1. The van der Waals surface area contributed by atoms with Crippen molar-refractivity contribution in [3.05, 3.63) is 0 Å². The Labute approximate surface area is 166 Å². The fourth-order valence-corrected chi connectivity index (χ4v) is 2.41. The molecule has 0 bridgehead atoms. The number of nitrogens with two attached hydrogens (primary N) is 2. The highest BCUT2D eigenvalue weighted by molar-refractivity contribution is 7.98. The van der Waals surface area contributed by atoms with Crippen molar-refractivity contribution in [3.8, 4) is 0 Å². The number of amides is 4. The molecule has 160 valence electrons. The first kappa shape index (κ1) is 25.6. The molecule has 3 unspecified atom stereocenters. The van der Waals surface area contributed by atoms with Crippen LogP contribution in [0.15, 0.2) is 0 Å². The lowest BCUT2D eigenvalue weighted by atomic mass is 10.1. The lowest BCUT2D eigenvalue weighted by Crippen LogP contribution is -2.54. The number of thioether (sulfide) groups is 1. The van der Waals surface area contributed by atoms with E-state index in [1.54, 1.807) is 6.26 Å². The zero-order valence-electron chi connectivity index (χ0n) is 15.5. The highest BCUT2D eigenvalue weighted by Gasteiger charge is 2.26. The van der Waals surface area contributed by atoms with E-state index in [1.165, 1.54) is 11.8 Å². The lowest BCUT2D eigenvalue weighted by molar-refractivity contribution is -0.143. The molecule has 13 heteroatoms. The summed E-state index contributed by atoms with van der Waals surface area (Å²) in [6, 6.07) is -3.56. The van der Waals surface area contributed by atoms with Crippen molar-refractivity contribution in [2.24, 2.45) is 11.5 Å². The van der Waals surface area contributed by atoms with Gasteiger partial charge in [-0.25, -0.2) is 4.79 Å². The normalized spacial score (nSPS) is 13.7. The third-order valence-corrected chi connectivity index (χ3v) is 4.17. The molecule has 0 aliphatic heterocycles. The first-order valence-corrected chi connectivity index (χ1v) is 9.75. The van der Waals surface area contributed by atoms with Crippen LogP contribution in [-0.2, 0) is 24.0 Å². The zero-order chi connectivity index (χ0) is 21.7. The molecule has 0 aromatic carbocycles. The summed E-state index contributed by atoms with van der Waals surface area (Å²) in [5, 5.41) is 24.7. The maximum absolute atomic E-state index is 12.2. The van der Waals surface area contributed by atoms with E-state index in [0.717, 1.165) is 0 Å². The van der Waals surface area contributed by atoms with Crippen LogP contribution >= 0.6 is 11.8 Å². The Kier molecular flexibility index (Phi) is 12.6. The van der Waals surface area contributed by atoms with Crippen molar-refractivity contribution in [3.63, 3.8) is 0 Å². The number of hydrogen-bond donors (Lipinski definition) is 7. The zero-order valence-corrected chi connectivity index (χ0v) is 16.3. The Bertz CT molecular complexity index is 575. The van der Waals surface area contributed by atoms with Gasteiger partial charge < -0.3 is 37.6 Å². The Morgan fingerprint density at radius 2 is 1.68 bits per heavy atom. The number of carbonyl (C=O) groups excluding carboxylic acids is 4. The molecule has 0 spiro atoms. The van der Waals surface area contributed by atoms with Crippen molar-refractivity contribution in [1.82, 2.24) is 16.0 Å². The van der Waals surface area contributed by atoms with E-state index in [0.29, 0.717) is 5.75 Å². The minimum absolute atomic E-state index is 0.0271. The molecule has 0 aliphatic rings. The van der Waals surface area contributed by atoms with Gasteiger partial charge in [0, 0.05) is 6.42 Å². The second kappa shape index (κ2) is 13.7. The highest BCUT2D eigenvalue weighted by Crippen LogP contribution is 2.02. The number of carboxylic acids is 1. The summed E-state index contributed by atoms with van der Waals surface area (Å²) in [6.45, 7) is -1.27. The second-order valence-corrected chi connectivity index (χ2v) is 6.80. The summed E-state index contributed by atoms with van der Waals surface area (Å²) < 4.78 is 0. The van der Waals surface area contributed by atoms with Gasteiger partial charge in [0.15, 0.2) is 0 Å². The molecule has 12 nitrogen and oxygen atoms in total. The van der Waals surface area contributed by atoms with Crippen LogP contribution in [0.5, 0.6) is 0 Å². The van der Waals surface area contributed by atoms with Crippen molar-refractivity contribution < 1.29 is 34.2 Å². The Morgan fingerprint density at radius 3 is 2.18 bits per heavy atom. The number of primary amides is 1. The monoisotopic (exact) mass is 421 g/mol. The summed E-state index contributed by atoms with van der Waals surface area (Å²) >= 11 is 1.41. The predicted octanol–water partition coefficient (Wildman–Crippen LogP) is -3.50. The lowest BCUT2D eigenvalue weighted by Gasteiger charge is -2.20. The maximum Gasteiger partial charge on any atom is 0.328 e. The van der Waals surface area contributed by atoms with Crippen LogP contribution in [0.4, 0.5) is 0 Å². The van der Waals surface area contributed by atoms with Gasteiger partial charge in [-0.2, -0.15) is 11.8 Å². The molecule has 0 aromatic rings. The third-order valence-electron chi connectivity index (χ3n) is 3.52. The van der Waals surface area contributed by atoms with E-state index in [-0.39, 0.29) is 19.3 Å². The van der Waals surface area contributed by atoms with Gasteiger partial charge in [0.1, 0.15) is 12.1 Å². The molecule has 3 atom stereocenters. The number of carbonyl (C=O) groups is 5. The van der Waals surface area contributed by atoms with Crippen LogP contribution in [-0.4, -0.2) is 83.1 Å². The van der Waals surface area contributed by atoms with E-state index in [9.17, 15) is 24.0 Å². The van der Waals surface area contributed by atoms with Gasteiger partial charge in [-0.15, -0.1) is 0 Å². The molecule has 0 aromatic heterocycles. The van der Waals surface area contributed by atoms with E-state index < -0.39 is 60.9 Å². The topological polar surface area (TPSA) is 214 Å². The molecular formula is C15H27N5O7S. The average molecular weight is 421 g/mol. The van der Waals surface area contributed by atoms with Crippen molar-refractivity contribution in [1.29, 1.82) is 0 Å². The first-order chi connectivity index (χ1) is 13.1. The van der Waals surface area contributed by atoms with Crippen LogP contribution in [0.3, 0.4) is 0 Å². The molecule has 4 amide bonds. The second-order valence-electron chi connectivity index (χ2n) is 5.81. The molecule has 0 radical (unpaired) electrons. The summed E-state index contributed by atoms with van der Waals surface area (Å²) in [6.07, 6.45) is 1.95. The molecule has 0 heterocycles. The standard InChI is InChI=1S/C15H27N5O7S/c1-28-5-4-9(14(25)20-10(7-21)15(26)27)19-12(23)6-18-13(24)8(16)2-3-11(17)22/h8-10,21H,2-7,16H2,1H3,(H2,17,22)(H,18,24)(H,19,23)(H,20,25)(H,26,27). The van der Waals surface area contributed by atoms with Gasteiger partial charge in [-0.3, -0.25) is 19.2 Å². The fraction of sp³-hybridized carbons (Fsp3) is 0.667. The molecule has 0 aliphatic carbocycles. The van der Waals surface area contributed by atoms with E-state index in [4.69, 9.17) is 21.7 Å². The van der Waals surface area contributed by atoms with Gasteiger partial charge in [0.25, 0.3) is 0 Å². The van der Waals surface area contributed by atoms with Crippen LogP contribution in [0.1, 0.15) is 19.3 Å². The van der Waals surface area contributed by atoms with Crippen LogP contribution in [0.2, 0.25) is 0 Å². The number of hydrogen-bond acceptors (Lipinski definition) is 8. The number of rotatable bonds is 14. The van der Waals surface area contributed by atoms with Gasteiger partial charge in [-0.05, 0) is 24.9 Å². The van der Waals surface area contributed by atoms with Gasteiger partial charge in [0.05, 0.1) is 19.2 Å². The van der Waals surface area contributed by atoms with Gasteiger partial charge >= 0.3 is 5.97 Å². The fourth-order valence-electron chi connectivity index (χ4n) is 1.94. The van der Waals surface area contributed by atoms with Crippen molar-refractivity contribution in [2.45, 2.75) is 37.4 Å². The first-order valence-electron chi connectivity index (χ1n) is 8.36. The molecule has 0 rings (SSSR count). The number of aliphatic hydroxyl groups is 1. The Morgan fingerprint density at radius 1 is 1.04 bits per heavy atom. The minimum atomic E-state index is -1.50. The van der Waals surface area contributed by atoms with Crippen LogP contribution < -0.4 is 27.4 Å².